The molecule has 1 aromatic heterocycles. The van der Waals surface area contributed by atoms with Gasteiger partial charge in [-0.1, -0.05) is 18.5 Å². The third-order valence-electron chi connectivity index (χ3n) is 3.74. The van der Waals surface area contributed by atoms with E-state index in [4.69, 9.17) is 17.3 Å². The smallest absolute Gasteiger partial charge is 0.244 e. The largest absolute Gasteiger partial charge is 0.369 e. The molecular weight excluding hydrogens is 328 g/mol. The van der Waals surface area contributed by atoms with Gasteiger partial charge >= 0.3 is 0 Å². The van der Waals surface area contributed by atoms with Crippen molar-refractivity contribution in [1.82, 2.24) is 9.29 Å². The van der Waals surface area contributed by atoms with Crippen LogP contribution in [0.1, 0.15) is 13.8 Å². The summed E-state index contributed by atoms with van der Waals surface area (Å²) >= 11 is 6.05. The van der Waals surface area contributed by atoms with Gasteiger partial charge in [0, 0.05) is 25.8 Å². The van der Waals surface area contributed by atoms with E-state index in [0.29, 0.717) is 12.4 Å². The molecule has 0 radical (unpaired) electrons. The maximum absolute atomic E-state index is 12.6. The van der Waals surface area contributed by atoms with E-state index >= 15 is 0 Å². The van der Waals surface area contributed by atoms with E-state index in [1.807, 2.05) is 13.8 Å². The summed E-state index contributed by atoms with van der Waals surface area (Å²) in [5.41, 5.74) is 5.31. The highest BCUT2D eigenvalue weighted by molar-refractivity contribution is 7.89. The lowest BCUT2D eigenvalue weighted by Gasteiger charge is -2.16. The van der Waals surface area contributed by atoms with E-state index < -0.39 is 21.8 Å². The van der Waals surface area contributed by atoms with Crippen molar-refractivity contribution in [2.75, 3.05) is 25.0 Å². The Morgan fingerprint density at radius 3 is 2.73 bits per heavy atom. The molecule has 1 aromatic rings. The number of hydrogen-bond acceptors (Lipinski definition) is 5. The number of nitrogens with two attached hydrogens (primary N) is 1. The Hall–Kier alpha value is -1.38. The first-order valence-electron chi connectivity index (χ1n) is 6.96. The number of rotatable bonds is 5. The second-order valence-corrected chi connectivity index (χ2v) is 7.69. The van der Waals surface area contributed by atoms with Gasteiger partial charge in [-0.2, -0.15) is 4.31 Å². The van der Waals surface area contributed by atoms with Crippen molar-refractivity contribution in [3.05, 3.63) is 17.3 Å². The molecule has 2 heterocycles. The number of carbonyl (C=O) groups is 1. The summed E-state index contributed by atoms with van der Waals surface area (Å²) in [6.07, 6.45) is 1.27. The number of pyridine rings is 1. The first-order valence-corrected chi connectivity index (χ1v) is 8.78. The molecular formula is C13H19ClN4O3S. The number of aromatic nitrogens is 1. The fourth-order valence-corrected chi connectivity index (χ4v) is 4.33. The van der Waals surface area contributed by atoms with E-state index in [1.54, 1.807) is 0 Å². The van der Waals surface area contributed by atoms with Crippen LogP contribution in [0.3, 0.4) is 0 Å². The minimum Gasteiger partial charge on any atom is -0.369 e. The van der Waals surface area contributed by atoms with E-state index in [2.05, 4.69) is 10.3 Å². The zero-order valence-electron chi connectivity index (χ0n) is 12.4. The molecule has 0 saturated carbocycles. The van der Waals surface area contributed by atoms with Crippen LogP contribution in [-0.4, -0.2) is 43.2 Å². The normalized spacial score (nSPS) is 22.7. The molecule has 1 aliphatic heterocycles. The van der Waals surface area contributed by atoms with Crippen LogP contribution in [0.25, 0.3) is 0 Å². The molecule has 3 N–H and O–H groups in total. The predicted octanol–water partition coefficient (Wildman–Crippen LogP) is 0.909. The molecule has 122 valence electrons. The van der Waals surface area contributed by atoms with Gasteiger partial charge in [-0.3, -0.25) is 4.79 Å². The van der Waals surface area contributed by atoms with Crippen LogP contribution >= 0.6 is 11.6 Å². The summed E-state index contributed by atoms with van der Waals surface area (Å²) in [5.74, 6) is -0.632. The van der Waals surface area contributed by atoms with Crippen molar-refractivity contribution in [3.63, 3.8) is 0 Å². The van der Waals surface area contributed by atoms with Crippen molar-refractivity contribution >= 4 is 33.3 Å². The zero-order valence-corrected chi connectivity index (χ0v) is 14.0. The van der Waals surface area contributed by atoms with Crippen LogP contribution in [0.5, 0.6) is 0 Å². The minimum absolute atomic E-state index is 0.0106. The number of nitrogens with one attached hydrogen (secondary N) is 1. The van der Waals surface area contributed by atoms with Crippen molar-refractivity contribution in [1.29, 1.82) is 0 Å². The third-order valence-corrected chi connectivity index (χ3v) is 5.83. The van der Waals surface area contributed by atoms with Crippen molar-refractivity contribution < 1.29 is 13.2 Å². The molecule has 0 unspecified atom stereocenters. The minimum atomic E-state index is -3.74. The quantitative estimate of drug-likeness (QED) is 0.824. The highest BCUT2D eigenvalue weighted by Crippen LogP contribution is 2.30. The lowest BCUT2D eigenvalue weighted by molar-refractivity contribution is -0.122. The van der Waals surface area contributed by atoms with Gasteiger partial charge in [0.15, 0.2) is 0 Å². The van der Waals surface area contributed by atoms with E-state index in [-0.39, 0.29) is 28.9 Å². The summed E-state index contributed by atoms with van der Waals surface area (Å²) in [4.78, 5) is 15.4. The van der Waals surface area contributed by atoms with Gasteiger partial charge in [0.25, 0.3) is 0 Å². The lowest BCUT2D eigenvalue weighted by atomic mass is 9.98. The predicted molar refractivity (Wildman–Crippen MR) is 84.0 cm³/mol. The highest BCUT2D eigenvalue weighted by atomic mass is 35.5. The number of anilines is 1. The Balaban J connectivity index is 2.28. The maximum atomic E-state index is 12.6. The van der Waals surface area contributed by atoms with Crippen LogP contribution in [-0.2, 0) is 14.8 Å². The molecule has 2 rings (SSSR count). The molecule has 1 aliphatic rings. The Bertz CT molecular complexity index is 680. The fraction of sp³-hybridized carbons (Fsp3) is 0.538. The van der Waals surface area contributed by atoms with Gasteiger partial charge in [0.05, 0.1) is 10.9 Å². The lowest BCUT2D eigenvalue weighted by Crippen LogP contribution is -2.32. The van der Waals surface area contributed by atoms with Crippen molar-refractivity contribution in [2.24, 2.45) is 17.6 Å². The van der Waals surface area contributed by atoms with Crippen molar-refractivity contribution in [2.45, 2.75) is 18.7 Å². The number of primary amides is 1. The molecule has 0 aromatic carbocycles. The second kappa shape index (κ2) is 6.39. The molecule has 9 heteroatoms. The molecule has 22 heavy (non-hydrogen) atoms. The number of sulfonamides is 1. The van der Waals surface area contributed by atoms with E-state index in [9.17, 15) is 13.2 Å². The number of halogens is 1. The van der Waals surface area contributed by atoms with Gasteiger partial charge in [0.1, 0.15) is 10.7 Å². The molecule has 1 saturated heterocycles. The molecule has 1 amide bonds. The topological polar surface area (TPSA) is 105 Å². The van der Waals surface area contributed by atoms with Crippen molar-refractivity contribution in [3.8, 4) is 0 Å². The second-order valence-electron chi connectivity index (χ2n) is 5.34. The first-order chi connectivity index (χ1) is 10.3. The molecule has 0 aliphatic carbocycles. The summed E-state index contributed by atoms with van der Waals surface area (Å²) < 4.78 is 26.5. The van der Waals surface area contributed by atoms with Crippen LogP contribution < -0.4 is 11.1 Å². The Kier molecular flexibility index (Phi) is 4.93. The third kappa shape index (κ3) is 3.18. The van der Waals surface area contributed by atoms with Crippen LogP contribution in [0, 0.1) is 11.8 Å². The monoisotopic (exact) mass is 346 g/mol. The summed E-state index contributed by atoms with van der Waals surface area (Å²) in [7, 11) is -3.74. The Labute approximate surface area is 134 Å². The SMILES string of the molecule is CCNc1ncc(S(=O)(=O)N2C[C@@H](C)[C@H](C(N)=O)C2)cc1Cl. The van der Waals surface area contributed by atoms with E-state index in [0.717, 1.165) is 0 Å². The molecule has 1 fully saturated rings. The van der Waals surface area contributed by atoms with E-state index in [1.165, 1.54) is 16.6 Å². The van der Waals surface area contributed by atoms with Gasteiger partial charge in [-0.05, 0) is 18.9 Å². The van der Waals surface area contributed by atoms with Crippen LogP contribution in [0.15, 0.2) is 17.2 Å². The number of amides is 1. The Morgan fingerprint density at radius 2 is 2.23 bits per heavy atom. The molecule has 0 spiro atoms. The maximum Gasteiger partial charge on any atom is 0.244 e. The van der Waals surface area contributed by atoms with Crippen LogP contribution in [0.2, 0.25) is 5.02 Å². The molecule has 2 atom stereocenters. The summed E-state index contributed by atoms with van der Waals surface area (Å²) in [6.45, 7) is 4.67. The van der Waals surface area contributed by atoms with Gasteiger partial charge in [0.2, 0.25) is 15.9 Å². The average Bonchev–Trinajstić information content (AvgIpc) is 2.84. The molecule has 0 bridgehead atoms. The number of carbonyl (C=O) groups excluding carboxylic acids is 1. The van der Waals surface area contributed by atoms with Crippen LogP contribution in [0.4, 0.5) is 5.82 Å². The number of hydrogen-bond donors (Lipinski definition) is 2. The standard InChI is InChI=1S/C13H19ClN4O3S/c1-3-16-13-11(14)4-9(5-17-13)22(20,21)18-6-8(2)10(7-18)12(15)19/h4-5,8,10H,3,6-7H2,1-2H3,(H2,15,19)(H,16,17)/t8-,10-/m1/s1. The summed E-state index contributed by atoms with van der Waals surface area (Å²) in [5, 5.41) is 3.18. The zero-order chi connectivity index (χ0) is 16.5. The number of nitrogens with zero attached hydrogens (tertiary/aromatic N) is 2. The molecule has 7 nitrogen and oxygen atoms in total. The average molecular weight is 347 g/mol. The highest BCUT2D eigenvalue weighted by Gasteiger charge is 2.40. The van der Waals surface area contributed by atoms with Gasteiger partial charge in [-0.25, -0.2) is 13.4 Å². The van der Waals surface area contributed by atoms with Gasteiger partial charge in [-0.15, -0.1) is 0 Å². The first kappa shape index (κ1) is 17.0. The van der Waals surface area contributed by atoms with Gasteiger partial charge < -0.3 is 11.1 Å². The Morgan fingerprint density at radius 1 is 1.55 bits per heavy atom. The summed E-state index contributed by atoms with van der Waals surface area (Å²) in [6, 6.07) is 1.37. The fourth-order valence-electron chi connectivity index (χ4n) is 2.50.